The fraction of sp³-hybridized carbons (Fsp3) is 0.600. The molecule has 2 nitrogen and oxygen atoms in total. The summed E-state index contributed by atoms with van der Waals surface area (Å²) in [6, 6.07) is 4.19. The summed E-state index contributed by atoms with van der Waals surface area (Å²) in [6.45, 7) is 8.05. The molecule has 0 aliphatic carbocycles. The van der Waals surface area contributed by atoms with Crippen LogP contribution in [0, 0.1) is 5.41 Å². The van der Waals surface area contributed by atoms with Crippen LogP contribution in [0.5, 0.6) is 0 Å². The lowest BCUT2D eigenvalue weighted by Gasteiger charge is -2.16. The molecule has 1 heterocycles. The molecule has 0 fully saturated rings. The molecule has 94 valence electrons. The number of hydrogen-bond acceptors (Lipinski definition) is 2. The zero-order valence-electron chi connectivity index (χ0n) is 11.4. The second-order valence-corrected chi connectivity index (χ2v) is 5.54. The molecule has 0 spiro atoms. The molecule has 0 saturated heterocycles. The molecule has 1 aromatic heterocycles. The molecule has 0 N–H and O–H groups in total. The van der Waals surface area contributed by atoms with Gasteiger partial charge >= 0.3 is 0 Å². The first kappa shape index (κ1) is 13.9. The fourth-order valence-corrected chi connectivity index (χ4v) is 1.62. The summed E-state index contributed by atoms with van der Waals surface area (Å²) < 4.78 is 0. The first-order valence-electron chi connectivity index (χ1n) is 6.40. The van der Waals surface area contributed by atoms with Crippen molar-refractivity contribution >= 4 is 5.78 Å². The van der Waals surface area contributed by atoms with Gasteiger partial charge in [0.05, 0.1) is 0 Å². The largest absolute Gasteiger partial charge is 0.299 e. The van der Waals surface area contributed by atoms with Crippen LogP contribution >= 0.6 is 0 Å². The molecule has 1 rings (SSSR count). The lowest BCUT2D eigenvalue weighted by atomic mass is 9.88. The Balaban J connectivity index is 2.38. The number of pyridine rings is 1. The van der Waals surface area contributed by atoms with Crippen LogP contribution in [0.1, 0.15) is 51.8 Å². The predicted octanol–water partition coefficient (Wildman–Crippen LogP) is 3.58. The van der Waals surface area contributed by atoms with Gasteiger partial charge in [0.15, 0.2) is 0 Å². The minimum atomic E-state index is -0.209. The summed E-state index contributed by atoms with van der Waals surface area (Å²) in [6.07, 6.45) is 5.40. The summed E-state index contributed by atoms with van der Waals surface area (Å²) in [5.74, 6) is 0.336. The van der Waals surface area contributed by atoms with Crippen LogP contribution in [0.4, 0.5) is 0 Å². The number of carbonyl (C=O) groups excluding carboxylic acids is 1. The lowest BCUT2D eigenvalue weighted by molar-refractivity contribution is -0.126. The molecular weight excluding hydrogens is 210 g/mol. The van der Waals surface area contributed by atoms with E-state index in [-0.39, 0.29) is 5.41 Å². The lowest BCUT2D eigenvalue weighted by Crippen LogP contribution is -2.19. The monoisotopic (exact) mass is 233 g/mol. The van der Waals surface area contributed by atoms with Crippen molar-refractivity contribution in [1.82, 2.24) is 4.98 Å². The van der Waals surface area contributed by atoms with Gasteiger partial charge in [-0.15, -0.1) is 0 Å². The number of hydrogen-bond donors (Lipinski definition) is 0. The van der Waals surface area contributed by atoms with Gasteiger partial charge in [-0.1, -0.05) is 33.8 Å². The summed E-state index contributed by atoms with van der Waals surface area (Å²) in [5, 5.41) is 0. The van der Waals surface area contributed by atoms with Crippen molar-refractivity contribution in [3.8, 4) is 0 Å². The standard InChI is InChI=1S/C15H23NO/c1-5-12-9-10-13(16-11-12)7-6-8-14(17)15(2,3)4/h9-11H,5-8H2,1-4H3. The highest BCUT2D eigenvalue weighted by atomic mass is 16.1. The quantitative estimate of drug-likeness (QED) is 0.778. The van der Waals surface area contributed by atoms with E-state index in [1.165, 1.54) is 5.56 Å². The number of Topliss-reactive ketones (excluding diaryl/α,β-unsaturated/α-hetero) is 1. The molecule has 1 aromatic rings. The molecule has 0 saturated carbocycles. The third kappa shape index (κ3) is 4.68. The van der Waals surface area contributed by atoms with Crippen molar-refractivity contribution < 1.29 is 4.79 Å². The number of rotatable bonds is 5. The molecule has 0 aliphatic rings. The maximum Gasteiger partial charge on any atom is 0.138 e. The molecule has 0 atom stereocenters. The van der Waals surface area contributed by atoms with E-state index >= 15 is 0 Å². The zero-order valence-corrected chi connectivity index (χ0v) is 11.4. The van der Waals surface area contributed by atoms with Crippen molar-refractivity contribution in [2.24, 2.45) is 5.41 Å². The summed E-state index contributed by atoms with van der Waals surface area (Å²) in [7, 11) is 0. The summed E-state index contributed by atoms with van der Waals surface area (Å²) >= 11 is 0. The van der Waals surface area contributed by atoms with Crippen LogP contribution < -0.4 is 0 Å². The molecular formula is C15H23NO. The summed E-state index contributed by atoms with van der Waals surface area (Å²) in [5.41, 5.74) is 2.14. The van der Waals surface area contributed by atoms with Gasteiger partial charge in [-0.25, -0.2) is 0 Å². The Bertz CT molecular complexity index is 360. The van der Waals surface area contributed by atoms with E-state index in [1.807, 2.05) is 27.0 Å². The van der Waals surface area contributed by atoms with E-state index in [4.69, 9.17) is 0 Å². The van der Waals surface area contributed by atoms with Crippen LogP contribution in [-0.4, -0.2) is 10.8 Å². The van der Waals surface area contributed by atoms with E-state index in [0.717, 1.165) is 25.0 Å². The predicted molar refractivity (Wildman–Crippen MR) is 71.0 cm³/mol. The third-order valence-corrected chi connectivity index (χ3v) is 2.97. The first-order valence-corrected chi connectivity index (χ1v) is 6.40. The molecule has 0 bridgehead atoms. The highest BCUT2D eigenvalue weighted by molar-refractivity contribution is 5.83. The SMILES string of the molecule is CCc1ccc(CCCC(=O)C(C)(C)C)nc1. The first-order chi connectivity index (χ1) is 7.93. The van der Waals surface area contributed by atoms with Gasteiger partial charge in [0.25, 0.3) is 0 Å². The van der Waals surface area contributed by atoms with E-state index in [0.29, 0.717) is 12.2 Å². The van der Waals surface area contributed by atoms with Crippen LogP contribution in [0.3, 0.4) is 0 Å². The minimum Gasteiger partial charge on any atom is -0.299 e. The second kappa shape index (κ2) is 5.95. The van der Waals surface area contributed by atoms with E-state index in [1.54, 1.807) is 0 Å². The van der Waals surface area contributed by atoms with Gasteiger partial charge in [-0.3, -0.25) is 9.78 Å². The number of aryl methyl sites for hydroxylation is 2. The molecule has 2 heteroatoms. The zero-order chi connectivity index (χ0) is 12.9. The Hall–Kier alpha value is -1.18. The van der Waals surface area contributed by atoms with Gasteiger partial charge in [-0.2, -0.15) is 0 Å². The van der Waals surface area contributed by atoms with Gasteiger partial charge in [0.1, 0.15) is 5.78 Å². The van der Waals surface area contributed by atoms with Gasteiger partial charge < -0.3 is 0 Å². The van der Waals surface area contributed by atoms with E-state index < -0.39 is 0 Å². The van der Waals surface area contributed by atoms with Crippen molar-refractivity contribution in [2.75, 3.05) is 0 Å². The van der Waals surface area contributed by atoms with Crippen molar-refractivity contribution in [3.05, 3.63) is 29.6 Å². The van der Waals surface area contributed by atoms with Gasteiger partial charge in [0, 0.05) is 23.7 Å². The molecule has 0 radical (unpaired) electrons. The Morgan fingerprint density at radius 1 is 1.29 bits per heavy atom. The van der Waals surface area contributed by atoms with Crippen LogP contribution in [0.25, 0.3) is 0 Å². The number of aromatic nitrogens is 1. The average molecular weight is 233 g/mol. The topological polar surface area (TPSA) is 30.0 Å². The maximum atomic E-state index is 11.7. The van der Waals surface area contributed by atoms with Crippen LogP contribution in [0.15, 0.2) is 18.3 Å². The second-order valence-electron chi connectivity index (χ2n) is 5.54. The Labute approximate surface area is 104 Å². The van der Waals surface area contributed by atoms with Gasteiger partial charge in [0.2, 0.25) is 0 Å². The average Bonchev–Trinajstić information content (AvgIpc) is 2.28. The van der Waals surface area contributed by atoms with E-state index in [9.17, 15) is 4.79 Å². The Morgan fingerprint density at radius 3 is 2.47 bits per heavy atom. The van der Waals surface area contributed by atoms with Crippen molar-refractivity contribution in [1.29, 1.82) is 0 Å². The smallest absolute Gasteiger partial charge is 0.138 e. The maximum absolute atomic E-state index is 11.7. The van der Waals surface area contributed by atoms with Crippen LogP contribution in [-0.2, 0) is 17.6 Å². The Kier molecular flexibility index (Phi) is 4.86. The summed E-state index contributed by atoms with van der Waals surface area (Å²) in [4.78, 5) is 16.1. The normalized spacial score (nSPS) is 11.5. The van der Waals surface area contributed by atoms with E-state index in [2.05, 4.69) is 24.0 Å². The third-order valence-electron chi connectivity index (χ3n) is 2.97. The molecule has 0 unspecified atom stereocenters. The van der Waals surface area contributed by atoms with Gasteiger partial charge in [-0.05, 0) is 30.9 Å². The minimum absolute atomic E-state index is 0.209. The van der Waals surface area contributed by atoms with Crippen molar-refractivity contribution in [3.63, 3.8) is 0 Å². The molecule has 0 aliphatic heterocycles. The Morgan fingerprint density at radius 2 is 2.00 bits per heavy atom. The molecule has 0 amide bonds. The number of carbonyl (C=O) groups is 1. The van der Waals surface area contributed by atoms with Crippen LogP contribution in [0.2, 0.25) is 0 Å². The molecule has 17 heavy (non-hydrogen) atoms. The number of ketones is 1. The highest BCUT2D eigenvalue weighted by Gasteiger charge is 2.20. The molecule has 0 aromatic carbocycles. The van der Waals surface area contributed by atoms with Crippen molar-refractivity contribution in [2.45, 2.75) is 53.4 Å². The fourth-order valence-electron chi connectivity index (χ4n) is 1.62. The highest BCUT2D eigenvalue weighted by Crippen LogP contribution is 2.18. The number of nitrogens with zero attached hydrogens (tertiary/aromatic N) is 1.